The van der Waals surface area contributed by atoms with Crippen molar-refractivity contribution in [3.8, 4) is 11.1 Å². The SMILES string of the molecule is CC(C)(C)OC(=O)N(CC1CC(n2cc(-c3ccc(Cl)cc3)c(C3CC3)n2)C1)C(=O)OC(C)(C)C. The zero-order valence-electron chi connectivity index (χ0n) is 21.5. The van der Waals surface area contributed by atoms with E-state index in [4.69, 9.17) is 26.2 Å². The van der Waals surface area contributed by atoms with Gasteiger partial charge in [0.25, 0.3) is 0 Å². The molecule has 2 fully saturated rings. The van der Waals surface area contributed by atoms with Crippen LogP contribution < -0.4 is 0 Å². The molecule has 7 nitrogen and oxygen atoms in total. The molecule has 4 rings (SSSR count). The van der Waals surface area contributed by atoms with Gasteiger partial charge in [-0.2, -0.15) is 5.10 Å². The van der Waals surface area contributed by atoms with E-state index in [0.717, 1.165) is 39.6 Å². The van der Waals surface area contributed by atoms with Crippen LogP contribution in [0.25, 0.3) is 11.1 Å². The monoisotopic (exact) mass is 501 g/mol. The average Bonchev–Trinajstić information content (AvgIpc) is 3.44. The van der Waals surface area contributed by atoms with E-state index < -0.39 is 23.4 Å². The van der Waals surface area contributed by atoms with E-state index in [-0.39, 0.29) is 18.5 Å². The maximum absolute atomic E-state index is 12.8. The molecule has 1 aromatic heterocycles. The summed E-state index contributed by atoms with van der Waals surface area (Å²) in [5.74, 6) is 0.681. The Morgan fingerprint density at radius 3 is 2.03 bits per heavy atom. The van der Waals surface area contributed by atoms with E-state index in [1.165, 1.54) is 12.8 Å². The fourth-order valence-corrected chi connectivity index (χ4v) is 4.41. The van der Waals surface area contributed by atoms with Gasteiger partial charge < -0.3 is 9.47 Å². The zero-order chi connectivity index (χ0) is 25.5. The molecule has 2 aliphatic carbocycles. The predicted octanol–water partition coefficient (Wildman–Crippen LogP) is 7.20. The predicted molar refractivity (Wildman–Crippen MR) is 136 cm³/mol. The number of halogens is 1. The van der Waals surface area contributed by atoms with E-state index in [2.05, 4.69) is 10.9 Å². The standard InChI is InChI=1S/C27H36ClN3O4/c1-26(2,3)34-24(32)30(25(33)35-27(4,5)6)15-17-13-21(14-17)31-16-22(23(29-31)19-7-8-19)18-9-11-20(28)12-10-18/h9-12,16-17,19,21H,7-8,13-15H2,1-6H3. The number of carbonyl (C=O) groups excluding carboxylic acids is 2. The van der Waals surface area contributed by atoms with E-state index >= 15 is 0 Å². The Balaban J connectivity index is 1.45. The number of hydrogen-bond donors (Lipinski definition) is 0. The molecule has 2 aliphatic rings. The third kappa shape index (κ3) is 6.57. The number of ether oxygens (including phenoxy) is 2. The van der Waals surface area contributed by atoms with Crippen LogP contribution in [0.15, 0.2) is 30.5 Å². The van der Waals surface area contributed by atoms with E-state index in [9.17, 15) is 9.59 Å². The van der Waals surface area contributed by atoms with Gasteiger partial charge in [0.05, 0.1) is 11.7 Å². The highest BCUT2D eigenvalue weighted by atomic mass is 35.5. The first-order valence-electron chi connectivity index (χ1n) is 12.4. The summed E-state index contributed by atoms with van der Waals surface area (Å²) >= 11 is 6.08. The van der Waals surface area contributed by atoms with Crippen molar-refractivity contribution in [3.63, 3.8) is 0 Å². The minimum atomic E-state index is -0.703. The summed E-state index contributed by atoms with van der Waals surface area (Å²) in [4.78, 5) is 26.7. The van der Waals surface area contributed by atoms with Gasteiger partial charge in [-0.05, 0) is 90.8 Å². The average molecular weight is 502 g/mol. The van der Waals surface area contributed by atoms with Gasteiger partial charge in [-0.3, -0.25) is 4.68 Å². The van der Waals surface area contributed by atoms with Crippen LogP contribution in [0.3, 0.4) is 0 Å². The molecule has 2 saturated carbocycles. The summed E-state index contributed by atoms with van der Waals surface area (Å²) < 4.78 is 13.0. The number of amides is 2. The smallest absolute Gasteiger partial charge is 0.419 e. The Morgan fingerprint density at radius 1 is 1.00 bits per heavy atom. The third-order valence-corrected chi connectivity index (χ3v) is 6.39. The highest BCUT2D eigenvalue weighted by molar-refractivity contribution is 6.30. The van der Waals surface area contributed by atoms with Gasteiger partial charge in [0, 0.05) is 29.2 Å². The Kier molecular flexibility index (Phi) is 6.93. The van der Waals surface area contributed by atoms with Gasteiger partial charge in [0.2, 0.25) is 0 Å². The Morgan fingerprint density at radius 2 is 1.54 bits per heavy atom. The highest BCUT2D eigenvalue weighted by Gasteiger charge is 2.39. The van der Waals surface area contributed by atoms with Crippen molar-refractivity contribution in [2.24, 2.45) is 5.92 Å². The third-order valence-electron chi connectivity index (χ3n) is 6.13. The molecule has 35 heavy (non-hydrogen) atoms. The summed E-state index contributed by atoms with van der Waals surface area (Å²) in [7, 11) is 0. The van der Waals surface area contributed by atoms with E-state index in [1.807, 2.05) is 24.3 Å². The molecule has 0 radical (unpaired) electrons. The summed E-state index contributed by atoms with van der Waals surface area (Å²) in [6.07, 6.45) is 4.79. The molecule has 2 aromatic rings. The molecule has 0 atom stereocenters. The Bertz CT molecular complexity index is 1040. The number of benzene rings is 1. The van der Waals surface area contributed by atoms with Crippen LogP contribution in [0, 0.1) is 5.92 Å². The topological polar surface area (TPSA) is 73.7 Å². The minimum absolute atomic E-state index is 0.160. The normalized spacial score (nSPS) is 20.2. The van der Waals surface area contributed by atoms with Crippen molar-refractivity contribution in [1.29, 1.82) is 0 Å². The number of aromatic nitrogens is 2. The molecule has 190 valence electrons. The second kappa shape index (κ2) is 9.49. The Labute approximate surface area is 212 Å². The first-order valence-corrected chi connectivity index (χ1v) is 12.8. The number of imide groups is 1. The van der Waals surface area contributed by atoms with Crippen LogP contribution in [0.2, 0.25) is 5.02 Å². The Hall–Kier alpha value is -2.54. The summed E-state index contributed by atoms with van der Waals surface area (Å²) in [6.45, 7) is 11.0. The van der Waals surface area contributed by atoms with Crippen LogP contribution in [0.4, 0.5) is 9.59 Å². The quantitative estimate of drug-likeness (QED) is 0.433. The maximum atomic E-state index is 12.8. The van der Waals surface area contributed by atoms with Crippen molar-refractivity contribution in [2.75, 3.05) is 6.54 Å². The molecule has 0 unspecified atom stereocenters. The summed E-state index contributed by atoms with van der Waals surface area (Å²) in [5, 5.41) is 5.68. The van der Waals surface area contributed by atoms with Gasteiger partial charge in [-0.1, -0.05) is 23.7 Å². The van der Waals surface area contributed by atoms with Crippen molar-refractivity contribution in [1.82, 2.24) is 14.7 Å². The molecular formula is C27H36ClN3O4. The zero-order valence-corrected chi connectivity index (χ0v) is 22.3. The van der Waals surface area contributed by atoms with Gasteiger partial charge in [0.15, 0.2) is 0 Å². The molecule has 0 bridgehead atoms. The van der Waals surface area contributed by atoms with Crippen LogP contribution in [0.5, 0.6) is 0 Å². The number of carbonyl (C=O) groups is 2. The number of rotatable bonds is 5. The lowest BCUT2D eigenvalue weighted by Crippen LogP contribution is -2.47. The molecular weight excluding hydrogens is 466 g/mol. The molecule has 2 amide bonds. The number of nitrogens with zero attached hydrogens (tertiary/aromatic N) is 3. The molecule has 1 heterocycles. The van der Waals surface area contributed by atoms with E-state index in [1.54, 1.807) is 41.5 Å². The van der Waals surface area contributed by atoms with Gasteiger partial charge in [0.1, 0.15) is 11.2 Å². The van der Waals surface area contributed by atoms with Crippen LogP contribution in [0.1, 0.15) is 84.9 Å². The molecule has 0 spiro atoms. The van der Waals surface area contributed by atoms with Gasteiger partial charge >= 0.3 is 12.2 Å². The van der Waals surface area contributed by atoms with Crippen molar-refractivity contribution >= 4 is 23.8 Å². The molecule has 0 saturated heterocycles. The maximum Gasteiger partial charge on any atom is 0.419 e. The molecule has 8 heteroatoms. The lowest BCUT2D eigenvalue weighted by atomic mass is 9.80. The minimum Gasteiger partial charge on any atom is -0.443 e. The summed E-state index contributed by atoms with van der Waals surface area (Å²) in [6, 6.07) is 8.13. The fourth-order valence-electron chi connectivity index (χ4n) is 4.28. The second-order valence-corrected chi connectivity index (χ2v) is 12.2. The molecule has 0 aliphatic heterocycles. The largest absolute Gasteiger partial charge is 0.443 e. The van der Waals surface area contributed by atoms with Crippen LogP contribution in [-0.4, -0.2) is 44.6 Å². The van der Waals surface area contributed by atoms with Crippen molar-refractivity contribution in [3.05, 3.63) is 41.2 Å². The van der Waals surface area contributed by atoms with E-state index in [0.29, 0.717) is 5.92 Å². The first kappa shape index (κ1) is 25.5. The number of hydrogen-bond acceptors (Lipinski definition) is 5. The highest BCUT2D eigenvalue weighted by Crippen LogP contribution is 2.46. The lowest BCUT2D eigenvalue weighted by molar-refractivity contribution is -0.00641. The van der Waals surface area contributed by atoms with Gasteiger partial charge in [-0.25, -0.2) is 14.5 Å². The molecule has 1 aromatic carbocycles. The van der Waals surface area contributed by atoms with Crippen molar-refractivity contribution < 1.29 is 19.1 Å². The first-order chi connectivity index (χ1) is 16.3. The van der Waals surface area contributed by atoms with Crippen LogP contribution in [-0.2, 0) is 9.47 Å². The van der Waals surface area contributed by atoms with Gasteiger partial charge in [-0.15, -0.1) is 0 Å². The second-order valence-electron chi connectivity index (χ2n) is 11.8. The summed E-state index contributed by atoms with van der Waals surface area (Å²) in [5.41, 5.74) is 2.04. The fraction of sp³-hybridized carbons (Fsp3) is 0.593. The lowest BCUT2D eigenvalue weighted by Gasteiger charge is -2.38. The van der Waals surface area contributed by atoms with Crippen LogP contribution >= 0.6 is 11.6 Å². The van der Waals surface area contributed by atoms with Crippen molar-refractivity contribution in [2.45, 2.75) is 90.4 Å². The molecule has 0 N–H and O–H groups in total.